The van der Waals surface area contributed by atoms with Crippen LogP contribution >= 0.6 is 7.82 Å². The fourth-order valence-corrected chi connectivity index (χ4v) is 10.6. The van der Waals surface area contributed by atoms with Crippen molar-refractivity contribution in [1.29, 1.82) is 0 Å². The number of likely N-dealkylation sites (N-methyl/N-ethyl adjacent to an activating group) is 1. The van der Waals surface area contributed by atoms with Gasteiger partial charge >= 0.3 is 0 Å². The average molecular weight is 1180 g/mol. The zero-order chi connectivity index (χ0) is 60.5. The average Bonchev–Trinajstić information content (AvgIpc) is 3.50. The van der Waals surface area contributed by atoms with Crippen molar-refractivity contribution in [2.24, 2.45) is 0 Å². The summed E-state index contributed by atoms with van der Waals surface area (Å²) in [7, 11) is 1.30. The van der Waals surface area contributed by atoms with Gasteiger partial charge in [-0.05, 0) is 83.5 Å². The molecule has 0 aromatic heterocycles. The summed E-state index contributed by atoms with van der Waals surface area (Å²) < 4.78 is 23.5. The molecular formula is C74H133N2O6P. The Hall–Kier alpha value is -2.84. The van der Waals surface area contributed by atoms with Gasteiger partial charge < -0.3 is 28.8 Å². The standard InChI is InChI=1S/C74H133N2O6P/c1-6-8-10-12-14-16-18-20-22-24-26-28-30-31-32-33-34-35-36-37-38-39-40-41-42-43-44-45-46-48-50-52-54-56-58-60-62-64-66-68-74(78)75-72(71-82-83(79,80)81-70-69-76(3,4)5)73(77)67-65-63-61-59-57-55-53-51-49-47-29-27-25-23-21-19-17-15-13-11-9-7-2/h8,10,14,16,20,22,26,28,31-32,34-35,37-38,40-41,43-44,72-73,77H,6-7,9,11-13,15,17-19,21,23-25,27,29-30,33,36,39,42,45-71H2,1-5H3,(H-,75,78,79,80)/b10-8-,16-14-,22-20-,28-26-,32-31-,35-34-,38-37-,41-40-,44-43-. The first-order chi connectivity index (χ1) is 40.5. The Morgan fingerprint density at radius 1 is 0.434 bits per heavy atom. The Bertz CT molecular complexity index is 1720. The van der Waals surface area contributed by atoms with Crippen LogP contribution < -0.4 is 10.2 Å². The molecule has 0 heterocycles. The lowest BCUT2D eigenvalue weighted by atomic mass is 10.0. The summed E-state index contributed by atoms with van der Waals surface area (Å²) in [5.41, 5.74) is 0. The predicted molar refractivity (Wildman–Crippen MR) is 362 cm³/mol. The van der Waals surface area contributed by atoms with Crippen molar-refractivity contribution in [3.05, 3.63) is 109 Å². The largest absolute Gasteiger partial charge is 0.756 e. The molecule has 0 saturated carbocycles. The summed E-state index contributed by atoms with van der Waals surface area (Å²) in [6, 6.07) is -0.810. The number of carbonyl (C=O) groups is 1. The van der Waals surface area contributed by atoms with Gasteiger partial charge in [0.05, 0.1) is 39.9 Å². The topological polar surface area (TPSA) is 108 Å². The SMILES string of the molecule is CC/C=C\C/C=C\C/C=C\C/C=C\C/C=C\C/C=C\C/C=C\C/C=C\C/C=C\CCCCCCCCCCCCCC(=O)NC(COP(=O)([O-])OCC[N+](C)(C)C)C(O)CCCCCCCCCCCCCCCCCCCCCCCC. The third-order valence-electron chi connectivity index (χ3n) is 15.3. The molecule has 0 radical (unpaired) electrons. The molecule has 0 aliphatic carbocycles. The highest BCUT2D eigenvalue weighted by Gasteiger charge is 2.24. The highest BCUT2D eigenvalue weighted by molar-refractivity contribution is 7.45. The third kappa shape index (κ3) is 66.5. The molecule has 83 heavy (non-hydrogen) atoms. The van der Waals surface area contributed by atoms with E-state index in [2.05, 4.69) is 129 Å². The van der Waals surface area contributed by atoms with Crippen molar-refractivity contribution in [3.63, 3.8) is 0 Å². The van der Waals surface area contributed by atoms with Crippen molar-refractivity contribution < 1.29 is 32.9 Å². The number of nitrogens with zero attached hydrogens (tertiary/aromatic N) is 1. The van der Waals surface area contributed by atoms with Crippen LogP contribution in [0.4, 0.5) is 0 Å². The van der Waals surface area contributed by atoms with E-state index in [4.69, 9.17) is 9.05 Å². The van der Waals surface area contributed by atoms with Gasteiger partial charge in [-0.25, -0.2) is 0 Å². The second kappa shape index (κ2) is 63.7. The van der Waals surface area contributed by atoms with Crippen LogP contribution in [-0.4, -0.2) is 68.5 Å². The van der Waals surface area contributed by atoms with Gasteiger partial charge in [-0.15, -0.1) is 0 Å². The molecule has 3 unspecified atom stereocenters. The Kier molecular flexibility index (Phi) is 61.5. The Morgan fingerprint density at radius 2 is 0.735 bits per heavy atom. The van der Waals surface area contributed by atoms with E-state index < -0.39 is 20.0 Å². The lowest BCUT2D eigenvalue weighted by Crippen LogP contribution is -2.46. The maximum Gasteiger partial charge on any atom is 0.268 e. The van der Waals surface area contributed by atoms with Crippen LogP contribution in [0, 0.1) is 0 Å². The first-order valence-corrected chi connectivity index (χ1v) is 36.2. The lowest BCUT2D eigenvalue weighted by Gasteiger charge is -2.30. The smallest absolute Gasteiger partial charge is 0.268 e. The number of hydrogen-bond donors (Lipinski definition) is 2. The van der Waals surface area contributed by atoms with E-state index in [1.807, 2.05) is 21.1 Å². The third-order valence-corrected chi connectivity index (χ3v) is 16.2. The van der Waals surface area contributed by atoms with E-state index in [0.29, 0.717) is 23.9 Å². The molecule has 480 valence electrons. The number of rotatable bonds is 63. The summed E-state index contributed by atoms with van der Waals surface area (Å²) in [6.45, 7) is 4.63. The minimum Gasteiger partial charge on any atom is -0.756 e. The zero-order valence-electron chi connectivity index (χ0n) is 54.9. The van der Waals surface area contributed by atoms with E-state index in [1.165, 1.54) is 180 Å². The van der Waals surface area contributed by atoms with E-state index in [9.17, 15) is 19.4 Å². The summed E-state index contributed by atoms with van der Waals surface area (Å²) in [5, 5.41) is 14.1. The number of aliphatic hydroxyl groups is 1. The zero-order valence-corrected chi connectivity index (χ0v) is 55.8. The van der Waals surface area contributed by atoms with Crippen LogP contribution in [0.15, 0.2) is 109 Å². The van der Waals surface area contributed by atoms with Crippen molar-refractivity contribution in [3.8, 4) is 0 Å². The molecule has 0 spiro atoms. The monoisotopic (exact) mass is 1180 g/mol. The molecule has 8 nitrogen and oxygen atoms in total. The molecule has 0 bridgehead atoms. The molecule has 0 aromatic carbocycles. The van der Waals surface area contributed by atoms with Gasteiger partial charge in [-0.1, -0.05) is 322 Å². The van der Waals surface area contributed by atoms with Gasteiger partial charge in [0, 0.05) is 6.42 Å². The number of phosphoric ester groups is 1. The van der Waals surface area contributed by atoms with Gasteiger partial charge in [0.15, 0.2) is 0 Å². The Labute approximate surface area is 514 Å². The highest BCUT2D eigenvalue weighted by Crippen LogP contribution is 2.38. The second-order valence-corrected chi connectivity index (χ2v) is 25.9. The number of allylic oxidation sites excluding steroid dienone is 18. The summed E-state index contributed by atoms with van der Waals surface area (Å²) in [5.74, 6) is -0.168. The van der Waals surface area contributed by atoms with E-state index in [0.717, 1.165) is 96.3 Å². The van der Waals surface area contributed by atoms with Crippen LogP contribution in [-0.2, 0) is 18.4 Å². The number of nitrogens with one attached hydrogen (secondary N) is 1. The minimum atomic E-state index is -4.59. The van der Waals surface area contributed by atoms with Gasteiger partial charge in [0.2, 0.25) is 5.91 Å². The molecule has 2 N–H and O–H groups in total. The molecule has 9 heteroatoms. The lowest BCUT2D eigenvalue weighted by molar-refractivity contribution is -0.870. The maximum absolute atomic E-state index is 13.1. The molecule has 1 amide bonds. The van der Waals surface area contributed by atoms with Gasteiger partial charge in [0.1, 0.15) is 13.2 Å². The van der Waals surface area contributed by atoms with E-state index >= 15 is 0 Å². The molecule has 0 rings (SSSR count). The molecule has 0 aliphatic heterocycles. The van der Waals surface area contributed by atoms with Crippen molar-refractivity contribution in [2.45, 2.75) is 315 Å². The number of carbonyl (C=O) groups excluding carboxylic acids is 1. The summed E-state index contributed by atoms with van der Waals surface area (Å²) in [6.07, 6.45) is 92.9. The highest BCUT2D eigenvalue weighted by atomic mass is 31.2. The molecular weight excluding hydrogens is 1040 g/mol. The van der Waals surface area contributed by atoms with Crippen LogP contribution in [0.1, 0.15) is 303 Å². The van der Waals surface area contributed by atoms with Crippen LogP contribution in [0.5, 0.6) is 0 Å². The van der Waals surface area contributed by atoms with Gasteiger partial charge in [0.25, 0.3) is 7.82 Å². The fraction of sp³-hybridized carbons (Fsp3) is 0.743. The second-order valence-electron chi connectivity index (χ2n) is 24.5. The van der Waals surface area contributed by atoms with Crippen molar-refractivity contribution in [2.75, 3.05) is 40.9 Å². The van der Waals surface area contributed by atoms with Gasteiger partial charge in [-0.2, -0.15) is 0 Å². The number of quaternary nitrogens is 1. The van der Waals surface area contributed by atoms with E-state index in [1.54, 1.807) is 0 Å². The van der Waals surface area contributed by atoms with E-state index in [-0.39, 0.29) is 19.1 Å². The van der Waals surface area contributed by atoms with Gasteiger partial charge in [-0.3, -0.25) is 9.36 Å². The number of unbranched alkanes of at least 4 members (excludes halogenated alkanes) is 32. The summed E-state index contributed by atoms with van der Waals surface area (Å²) >= 11 is 0. The normalized spacial score (nSPS) is 14.3. The van der Waals surface area contributed by atoms with Crippen LogP contribution in [0.2, 0.25) is 0 Å². The first-order valence-electron chi connectivity index (χ1n) is 34.7. The molecule has 3 atom stereocenters. The summed E-state index contributed by atoms with van der Waals surface area (Å²) in [4.78, 5) is 25.7. The number of aliphatic hydroxyl groups excluding tert-OH is 1. The Morgan fingerprint density at radius 3 is 1.07 bits per heavy atom. The number of phosphoric acid groups is 1. The molecule has 0 saturated heterocycles. The number of amides is 1. The first kappa shape index (κ1) is 80.2. The van der Waals surface area contributed by atoms with Crippen molar-refractivity contribution >= 4 is 13.7 Å². The van der Waals surface area contributed by atoms with Crippen molar-refractivity contribution in [1.82, 2.24) is 5.32 Å². The molecule has 0 fully saturated rings. The number of hydrogen-bond acceptors (Lipinski definition) is 6. The minimum absolute atomic E-state index is 0.00807. The van der Waals surface area contributed by atoms with Crippen LogP contribution in [0.3, 0.4) is 0 Å². The predicted octanol–water partition coefficient (Wildman–Crippen LogP) is 21.6. The van der Waals surface area contributed by atoms with Crippen LogP contribution in [0.25, 0.3) is 0 Å². The maximum atomic E-state index is 13.1. The fourth-order valence-electron chi connectivity index (χ4n) is 9.92. The molecule has 0 aromatic rings. The Balaban J connectivity index is 4.07. The molecule has 0 aliphatic rings. The quantitative estimate of drug-likeness (QED) is 0.0272.